The van der Waals surface area contributed by atoms with Crippen molar-refractivity contribution in [1.29, 1.82) is 0 Å². The maximum absolute atomic E-state index is 12.9. The molecule has 5 heteroatoms. The van der Waals surface area contributed by atoms with Gasteiger partial charge in [-0.15, -0.1) is 0 Å². The van der Waals surface area contributed by atoms with Crippen molar-refractivity contribution in [1.82, 2.24) is 0 Å². The van der Waals surface area contributed by atoms with E-state index in [9.17, 15) is 15.0 Å². The van der Waals surface area contributed by atoms with Crippen LogP contribution in [0.1, 0.15) is 34.1 Å². The van der Waals surface area contributed by atoms with Crippen molar-refractivity contribution in [2.45, 2.75) is 17.4 Å². The van der Waals surface area contributed by atoms with Crippen molar-refractivity contribution in [2.24, 2.45) is 11.8 Å². The number of carboxylic acids is 1. The fraction of sp³-hybridized carbons (Fsp3) is 0.167. The Hall–Kier alpha value is -2.73. The number of hydrogen-bond acceptors (Lipinski definition) is 2. The van der Waals surface area contributed by atoms with Crippen LogP contribution in [0.25, 0.3) is 0 Å². The molecule has 176 valence electrons. The smallest absolute Gasteiger partial charge is 0.307 e. The Morgan fingerprint density at radius 3 is 1.43 bits per heavy atom. The molecule has 1 aliphatic rings. The highest BCUT2D eigenvalue weighted by molar-refractivity contribution is 9.10. The van der Waals surface area contributed by atoms with E-state index in [-0.39, 0.29) is 11.8 Å². The molecule has 4 atom stereocenters. The number of benzene rings is 4. The van der Waals surface area contributed by atoms with Crippen LogP contribution in [-0.2, 0) is 10.4 Å². The molecular formula is C30H24Br2O3. The predicted octanol–water partition coefficient (Wildman–Crippen LogP) is 7.35. The molecule has 1 saturated carbocycles. The van der Waals surface area contributed by atoms with Crippen molar-refractivity contribution in [3.63, 3.8) is 0 Å². The largest absolute Gasteiger partial charge is 0.481 e. The first-order chi connectivity index (χ1) is 16.9. The van der Waals surface area contributed by atoms with Crippen LogP contribution in [0.15, 0.2) is 118 Å². The molecule has 0 radical (unpaired) electrons. The fourth-order valence-corrected chi connectivity index (χ4v) is 6.24. The van der Waals surface area contributed by atoms with Crippen LogP contribution in [0.2, 0.25) is 0 Å². The molecule has 0 amide bonds. The van der Waals surface area contributed by atoms with Crippen LogP contribution in [0.5, 0.6) is 0 Å². The Kier molecular flexibility index (Phi) is 6.67. The summed E-state index contributed by atoms with van der Waals surface area (Å²) in [6, 6.07) is 34.8. The van der Waals surface area contributed by atoms with E-state index in [2.05, 4.69) is 31.9 Å². The van der Waals surface area contributed by atoms with Gasteiger partial charge in [-0.2, -0.15) is 0 Å². The average Bonchev–Trinajstić information content (AvgIpc) is 2.86. The monoisotopic (exact) mass is 590 g/mol. The van der Waals surface area contributed by atoms with Crippen LogP contribution >= 0.6 is 31.9 Å². The third kappa shape index (κ3) is 4.26. The molecule has 0 aliphatic heterocycles. The summed E-state index contributed by atoms with van der Waals surface area (Å²) in [6.07, 6.45) is 0. The molecule has 1 aliphatic carbocycles. The maximum Gasteiger partial charge on any atom is 0.307 e. The molecule has 1 fully saturated rings. The summed E-state index contributed by atoms with van der Waals surface area (Å²) in [5.74, 6) is -2.77. The quantitative estimate of drug-likeness (QED) is 0.246. The molecule has 4 aromatic carbocycles. The molecule has 0 aromatic heterocycles. The van der Waals surface area contributed by atoms with Gasteiger partial charge < -0.3 is 10.2 Å². The minimum Gasteiger partial charge on any atom is -0.481 e. The van der Waals surface area contributed by atoms with Crippen molar-refractivity contribution >= 4 is 37.8 Å². The summed E-state index contributed by atoms with van der Waals surface area (Å²) in [7, 11) is 0. The van der Waals surface area contributed by atoms with E-state index in [0.717, 1.165) is 20.1 Å². The zero-order chi connectivity index (χ0) is 24.6. The molecule has 0 spiro atoms. The minimum absolute atomic E-state index is 0.212. The average molecular weight is 592 g/mol. The Balaban J connectivity index is 1.74. The van der Waals surface area contributed by atoms with Gasteiger partial charge in [0.1, 0.15) is 5.60 Å². The Bertz CT molecular complexity index is 1270. The second kappa shape index (κ2) is 9.73. The summed E-state index contributed by atoms with van der Waals surface area (Å²) in [4.78, 5) is 12.9. The van der Waals surface area contributed by atoms with E-state index in [1.165, 1.54) is 0 Å². The molecule has 0 saturated heterocycles. The molecule has 4 aromatic rings. The normalized spacial score (nSPS) is 21.8. The highest BCUT2D eigenvalue weighted by Gasteiger charge is 2.63. The zero-order valence-corrected chi connectivity index (χ0v) is 21.9. The van der Waals surface area contributed by atoms with Crippen molar-refractivity contribution in [2.75, 3.05) is 0 Å². The highest BCUT2D eigenvalue weighted by atomic mass is 79.9. The topological polar surface area (TPSA) is 57.5 Å². The standard InChI is InChI=1S/C30H24Br2O3/c31-23-15-11-19(12-16-23)25-26(20-13-17-24(32)18-14-20)28(27(25)29(33)34)30(35,21-7-3-1-4-8-21)22-9-5-2-6-10-22/h1-18,25-28,35H,(H,33,34)/t25-,26+,27+,28-/m1/s1. The Morgan fingerprint density at radius 1 is 0.629 bits per heavy atom. The molecule has 0 bridgehead atoms. The van der Waals surface area contributed by atoms with E-state index in [1.807, 2.05) is 109 Å². The van der Waals surface area contributed by atoms with Crippen LogP contribution in [0, 0.1) is 11.8 Å². The summed E-state index contributed by atoms with van der Waals surface area (Å²) in [5.41, 5.74) is 1.86. The second-order valence-electron chi connectivity index (χ2n) is 9.04. The lowest BCUT2D eigenvalue weighted by atomic mass is 9.46. The van der Waals surface area contributed by atoms with Crippen LogP contribution in [0.3, 0.4) is 0 Å². The number of halogens is 2. The van der Waals surface area contributed by atoms with E-state index < -0.39 is 23.4 Å². The molecular weight excluding hydrogens is 568 g/mol. The van der Waals surface area contributed by atoms with Gasteiger partial charge in [0, 0.05) is 20.8 Å². The third-order valence-corrected chi connectivity index (χ3v) is 8.31. The minimum atomic E-state index is -1.49. The number of aliphatic hydroxyl groups is 1. The van der Waals surface area contributed by atoms with E-state index in [0.29, 0.717) is 11.1 Å². The number of rotatable bonds is 6. The van der Waals surface area contributed by atoms with Gasteiger partial charge in [-0.3, -0.25) is 4.79 Å². The maximum atomic E-state index is 12.9. The van der Waals surface area contributed by atoms with Crippen molar-refractivity contribution in [3.8, 4) is 0 Å². The van der Waals surface area contributed by atoms with Gasteiger partial charge in [0.25, 0.3) is 0 Å². The second-order valence-corrected chi connectivity index (χ2v) is 10.9. The lowest BCUT2D eigenvalue weighted by molar-refractivity contribution is -0.163. The Morgan fingerprint density at radius 2 is 1.03 bits per heavy atom. The van der Waals surface area contributed by atoms with Crippen LogP contribution < -0.4 is 0 Å². The summed E-state index contributed by atoms with van der Waals surface area (Å²) in [6.45, 7) is 0. The van der Waals surface area contributed by atoms with Gasteiger partial charge in [-0.1, -0.05) is 117 Å². The van der Waals surface area contributed by atoms with Crippen LogP contribution in [0.4, 0.5) is 0 Å². The lowest BCUT2D eigenvalue weighted by Crippen LogP contribution is -2.57. The first-order valence-corrected chi connectivity index (χ1v) is 13.1. The van der Waals surface area contributed by atoms with Gasteiger partial charge in [-0.25, -0.2) is 0 Å². The van der Waals surface area contributed by atoms with Gasteiger partial charge >= 0.3 is 5.97 Å². The predicted molar refractivity (Wildman–Crippen MR) is 144 cm³/mol. The highest BCUT2D eigenvalue weighted by Crippen LogP contribution is 2.64. The Labute approximate surface area is 221 Å². The number of carbonyl (C=O) groups is 1. The molecule has 3 nitrogen and oxygen atoms in total. The fourth-order valence-electron chi connectivity index (χ4n) is 5.71. The zero-order valence-electron chi connectivity index (χ0n) is 18.8. The van der Waals surface area contributed by atoms with E-state index in [1.54, 1.807) is 0 Å². The summed E-state index contributed by atoms with van der Waals surface area (Å²) >= 11 is 7.01. The number of hydrogen-bond donors (Lipinski definition) is 2. The number of aliphatic carboxylic acids is 1. The van der Waals surface area contributed by atoms with Crippen molar-refractivity contribution in [3.05, 3.63) is 140 Å². The summed E-state index contributed by atoms with van der Waals surface area (Å²) in [5, 5.41) is 23.1. The molecule has 5 rings (SSSR count). The van der Waals surface area contributed by atoms with Gasteiger partial charge in [0.2, 0.25) is 0 Å². The van der Waals surface area contributed by atoms with Crippen molar-refractivity contribution < 1.29 is 15.0 Å². The third-order valence-electron chi connectivity index (χ3n) is 7.25. The first-order valence-electron chi connectivity index (χ1n) is 11.5. The molecule has 35 heavy (non-hydrogen) atoms. The molecule has 0 heterocycles. The number of carboxylic acid groups (broad SMARTS) is 1. The van der Waals surface area contributed by atoms with E-state index in [4.69, 9.17) is 0 Å². The summed E-state index contributed by atoms with van der Waals surface area (Å²) < 4.78 is 1.89. The first kappa shape index (κ1) is 24.0. The molecule has 2 N–H and O–H groups in total. The van der Waals surface area contributed by atoms with E-state index >= 15 is 0 Å². The van der Waals surface area contributed by atoms with Gasteiger partial charge in [0.05, 0.1) is 5.92 Å². The van der Waals surface area contributed by atoms with Gasteiger partial charge in [-0.05, 0) is 52.4 Å². The van der Waals surface area contributed by atoms with Crippen LogP contribution in [-0.4, -0.2) is 16.2 Å². The lowest BCUT2D eigenvalue weighted by Gasteiger charge is -2.57. The SMILES string of the molecule is O=C(O)[C@H]1[C@H](c2ccc(Br)cc2)[C@H](c2ccc(Br)cc2)[C@H]1C(O)(c1ccccc1)c1ccccc1. The molecule has 0 unspecified atom stereocenters. The van der Waals surface area contributed by atoms with Gasteiger partial charge in [0.15, 0.2) is 0 Å².